The van der Waals surface area contributed by atoms with Crippen molar-refractivity contribution in [3.63, 3.8) is 0 Å². The van der Waals surface area contributed by atoms with Crippen LogP contribution in [0.15, 0.2) is 55.1 Å². The van der Waals surface area contributed by atoms with Crippen molar-refractivity contribution >= 4 is 40.1 Å². The van der Waals surface area contributed by atoms with E-state index in [0.29, 0.717) is 32.4 Å². The molecule has 0 aliphatic heterocycles. The molecule has 152 valence electrons. The van der Waals surface area contributed by atoms with Gasteiger partial charge in [0.15, 0.2) is 6.10 Å². The first-order valence-corrected chi connectivity index (χ1v) is 9.89. The number of aliphatic hydroxyl groups is 1. The van der Waals surface area contributed by atoms with E-state index in [9.17, 15) is 9.90 Å². The van der Waals surface area contributed by atoms with Crippen LogP contribution in [0.2, 0.25) is 10.0 Å². The first kappa shape index (κ1) is 20.3. The second-order valence-corrected chi connectivity index (χ2v) is 7.82. The first-order valence-electron chi connectivity index (χ1n) is 9.13. The number of amides is 1. The Morgan fingerprint density at radius 3 is 2.60 bits per heavy atom. The summed E-state index contributed by atoms with van der Waals surface area (Å²) < 4.78 is 0. The van der Waals surface area contributed by atoms with E-state index in [1.807, 2.05) is 30.5 Å². The van der Waals surface area contributed by atoms with Crippen molar-refractivity contribution in [2.24, 2.45) is 0 Å². The maximum atomic E-state index is 12.1. The fourth-order valence-electron chi connectivity index (χ4n) is 3.29. The lowest BCUT2D eigenvalue weighted by atomic mass is 10.0. The highest BCUT2D eigenvalue weighted by Crippen LogP contribution is 2.40. The summed E-state index contributed by atoms with van der Waals surface area (Å²) in [6.07, 6.45) is 5.23. The largest absolute Gasteiger partial charge is 0.378 e. The first-order chi connectivity index (χ1) is 14.4. The molecule has 3 heterocycles. The van der Waals surface area contributed by atoms with Crippen molar-refractivity contribution in [1.82, 2.24) is 19.9 Å². The lowest BCUT2D eigenvalue weighted by molar-refractivity contribution is -0.137. The molecule has 0 fully saturated rings. The average molecular weight is 441 g/mol. The lowest BCUT2D eigenvalue weighted by Crippen LogP contribution is -2.28. The van der Waals surface area contributed by atoms with Crippen molar-refractivity contribution in [3.8, 4) is 22.3 Å². The summed E-state index contributed by atoms with van der Waals surface area (Å²) in [7, 11) is 3.17. The lowest BCUT2D eigenvalue weighted by Gasteiger charge is -2.16. The van der Waals surface area contributed by atoms with Crippen molar-refractivity contribution in [2.45, 2.75) is 6.10 Å². The van der Waals surface area contributed by atoms with Crippen LogP contribution in [0, 0.1) is 0 Å². The number of aromatic amines is 1. The van der Waals surface area contributed by atoms with Gasteiger partial charge in [-0.1, -0.05) is 41.4 Å². The zero-order chi connectivity index (χ0) is 21.4. The van der Waals surface area contributed by atoms with Gasteiger partial charge in [0.25, 0.3) is 5.91 Å². The van der Waals surface area contributed by atoms with Gasteiger partial charge >= 0.3 is 0 Å². The number of rotatable bonds is 4. The van der Waals surface area contributed by atoms with E-state index < -0.39 is 12.0 Å². The van der Waals surface area contributed by atoms with E-state index in [1.54, 1.807) is 32.6 Å². The predicted octanol–water partition coefficient (Wildman–Crippen LogP) is 4.72. The molecule has 0 bridgehead atoms. The SMILES string of the molecule is CN(C)C(=O)C(O)c1cncc(-c2cnc3[nH]cc(-c4ccccc4Cl)c3c2Cl)c1. The van der Waals surface area contributed by atoms with Gasteiger partial charge in [-0.3, -0.25) is 9.78 Å². The molecule has 4 rings (SSSR count). The molecule has 1 amide bonds. The minimum absolute atomic E-state index is 0.378. The van der Waals surface area contributed by atoms with Gasteiger partial charge in [-0.2, -0.15) is 0 Å². The third-order valence-electron chi connectivity index (χ3n) is 4.86. The molecule has 0 radical (unpaired) electrons. The van der Waals surface area contributed by atoms with E-state index in [4.69, 9.17) is 23.2 Å². The Balaban J connectivity index is 1.84. The average Bonchev–Trinajstić information content (AvgIpc) is 3.18. The zero-order valence-electron chi connectivity index (χ0n) is 16.2. The summed E-state index contributed by atoms with van der Waals surface area (Å²) in [5, 5.41) is 12.2. The van der Waals surface area contributed by atoms with Gasteiger partial charge in [0.1, 0.15) is 5.65 Å². The van der Waals surface area contributed by atoms with Crippen LogP contribution in [0.5, 0.6) is 0 Å². The molecule has 1 aromatic carbocycles. The number of aromatic nitrogens is 3. The quantitative estimate of drug-likeness (QED) is 0.480. The number of nitrogens with one attached hydrogen (secondary N) is 1. The number of nitrogens with zero attached hydrogens (tertiary/aromatic N) is 3. The number of likely N-dealkylation sites (N-methyl/N-ethyl adjacent to an activating group) is 1. The standard InChI is InChI=1S/C22H18Cl2N4O2/c1-28(2)22(30)20(29)13-7-12(8-25-9-13)15-10-26-21-18(19(15)24)16(11-27-21)14-5-3-4-6-17(14)23/h3-11,20,29H,1-2H3,(H,26,27). The number of halogens is 2. The normalized spacial score (nSPS) is 12.2. The van der Waals surface area contributed by atoms with Crippen LogP contribution in [-0.2, 0) is 4.79 Å². The molecular formula is C22H18Cl2N4O2. The molecule has 1 unspecified atom stereocenters. The molecule has 6 nitrogen and oxygen atoms in total. The second-order valence-electron chi connectivity index (χ2n) is 7.03. The molecule has 0 saturated heterocycles. The maximum Gasteiger partial charge on any atom is 0.255 e. The topological polar surface area (TPSA) is 82.1 Å². The highest BCUT2D eigenvalue weighted by molar-refractivity contribution is 6.40. The summed E-state index contributed by atoms with van der Waals surface area (Å²) >= 11 is 13.2. The predicted molar refractivity (Wildman–Crippen MR) is 118 cm³/mol. The van der Waals surface area contributed by atoms with Crippen molar-refractivity contribution in [2.75, 3.05) is 14.1 Å². The van der Waals surface area contributed by atoms with Crippen LogP contribution >= 0.6 is 23.2 Å². The van der Waals surface area contributed by atoms with E-state index in [2.05, 4.69) is 15.0 Å². The van der Waals surface area contributed by atoms with Crippen LogP contribution in [-0.4, -0.2) is 45.0 Å². The van der Waals surface area contributed by atoms with Crippen LogP contribution in [0.1, 0.15) is 11.7 Å². The monoisotopic (exact) mass is 440 g/mol. The Kier molecular flexibility index (Phi) is 5.47. The summed E-state index contributed by atoms with van der Waals surface area (Å²) in [6, 6.07) is 9.19. The van der Waals surface area contributed by atoms with Crippen LogP contribution in [0.25, 0.3) is 33.3 Å². The third kappa shape index (κ3) is 3.54. The van der Waals surface area contributed by atoms with Crippen LogP contribution in [0.4, 0.5) is 0 Å². The highest BCUT2D eigenvalue weighted by atomic mass is 35.5. The Labute approximate surface area is 183 Å². The summed E-state index contributed by atoms with van der Waals surface area (Å²) in [5.74, 6) is -0.430. The fourth-order valence-corrected chi connectivity index (χ4v) is 3.88. The van der Waals surface area contributed by atoms with E-state index in [-0.39, 0.29) is 0 Å². The molecular weight excluding hydrogens is 423 g/mol. The molecule has 0 saturated carbocycles. The molecule has 0 aliphatic carbocycles. The molecule has 2 N–H and O–H groups in total. The minimum Gasteiger partial charge on any atom is -0.378 e. The van der Waals surface area contributed by atoms with Gasteiger partial charge in [-0.25, -0.2) is 4.98 Å². The molecule has 30 heavy (non-hydrogen) atoms. The summed E-state index contributed by atoms with van der Waals surface area (Å²) in [6.45, 7) is 0. The second kappa shape index (κ2) is 8.07. The molecule has 0 spiro atoms. The smallest absolute Gasteiger partial charge is 0.255 e. The molecule has 3 aromatic heterocycles. The number of carbonyl (C=O) groups excluding carboxylic acids is 1. The fraction of sp³-hybridized carbons (Fsp3) is 0.136. The van der Waals surface area contributed by atoms with Gasteiger partial charge in [0.2, 0.25) is 0 Å². The molecule has 1 atom stereocenters. The van der Waals surface area contributed by atoms with Gasteiger partial charge in [-0.15, -0.1) is 0 Å². The third-order valence-corrected chi connectivity index (χ3v) is 5.59. The number of hydrogen-bond acceptors (Lipinski definition) is 4. The number of benzene rings is 1. The Hall–Kier alpha value is -2.93. The van der Waals surface area contributed by atoms with Crippen LogP contribution in [0.3, 0.4) is 0 Å². The molecule has 8 heteroatoms. The number of fused-ring (bicyclic) bond motifs is 1. The number of hydrogen-bond donors (Lipinski definition) is 2. The maximum absolute atomic E-state index is 12.1. The van der Waals surface area contributed by atoms with Crippen molar-refractivity contribution < 1.29 is 9.90 Å². The number of carbonyl (C=O) groups is 1. The van der Waals surface area contributed by atoms with Crippen LogP contribution < -0.4 is 0 Å². The highest BCUT2D eigenvalue weighted by Gasteiger charge is 2.21. The van der Waals surface area contributed by atoms with E-state index >= 15 is 0 Å². The Bertz CT molecular complexity index is 1250. The van der Waals surface area contributed by atoms with Gasteiger partial charge in [0.05, 0.1) is 5.02 Å². The minimum atomic E-state index is -1.31. The summed E-state index contributed by atoms with van der Waals surface area (Å²) in [4.78, 5) is 25.2. The van der Waals surface area contributed by atoms with E-state index in [1.165, 1.54) is 11.1 Å². The Morgan fingerprint density at radius 1 is 1.10 bits per heavy atom. The number of pyridine rings is 2. The van der Waals surface area contributed by atoms with Crippen molar-refractivity contribution in [3.05, 3.63) is 70.7 Å². The summed E-state index contributed by atoms with van der Waals surface area (Å²) in [5.41, 5.74) is 3.96. The number of aliphatic hydroxyl groups excluding tert-OH is 1. The molecule has 4 aromatic rings. The van der Waals surface area contributed by atoms with Gasteiger partial charge < -0.3 is 15.0 Å². The van der Waals surface area contributed by atoms with Gasteiger partial charge in [-0.05, 0) is 12.1 Å². The van der Waals surface area contributed by atoms with Crippen molar-refractivity contribution in [1.29, 1.82) is 0 Å². The van der Waals surface area contributed by atoms with E-state index in [0.717, 1.165) is 16.5 Å². The zero-order valence-corrected chi connectivity index (χ0v) is 17.7. The molecule has 0 aliphatic rings. The Morgan fingerprint density at radius 2 is 1.87 bits per heavy atom. The van der Waals surface area contributed by atoms with Gasteiger partial charge in [0, 0.05) is 77.1 Å². The number of H-pyrrole nitrogens is 1.